The van der Waals surface area contributed by atoms with E-state index in [2.05, 4.69) is 160 Å². The Hall–Kier alpha value is -4.11. The van der Waals surface area contributed by atoms with Crippen molar-refractivity contribution in [3.63, 3.8) is 0 Å². The Labute approximate surface area is 478 Å². The van der Waals surface area contributed by atoms with E-state index in [9.17, 15) is 19.0 Å². The van der Waals surface area contributed by atoms with Gasteiger partial charge in [0.2, 0.25) is 5.91 Å². The monoisotopic (exact) mass is 1100 g/mol. The minimum absolute atomic E-state index is 0.0460. The Morgan fingerprint density at radius 3 is 1.26 bits per heavy atom. The zero-order valence-corrected chi connectivity index (χ0v) is 51.2. The molecule has 0 saturated carbocycles. The number of carbonyl (C=O) groups is 2. The van der Waals surface area contributed by atoms with E-state index < -0.39 is 26.6 Å². The van der Waals surface area contributed by atoms with Gasteiger partial charge in [-0.05, 0) is 122 Å². The van der Waals surface area contributed by atoms with Crippen molar-refractivity contribution < 1.29 is 37.3 Å². The highest BCUT2D eigenvalue weighted by molar-refractivity contribution is 7.45. The summed E-state index contributed by atoms with van der Waals surface area (Å²) in [5, 5.41) is 2.98. The number of ether oxygens (including phenoxy) is 1. The lowest BCUT2D eigenvalue weighted by Crippen LogP contribution is -2.47. The SMILES string of the molecule is CC/C=C\C/C=C\C/C=C\C/C=C\C/C=C\C/C=C\CCCCCCC(=O)OC(/C=C\CCCCCCCCCCCC)C(COP(=O)([O-])OCC[N+](C)(C)C)NC(=O)CCC/C=C\C/C=C\C/C=C\C/C=C\C/C=C\CC. The zero-order chi connectivity index (χ0) is 57.2. The Kier molecular flexibility index (Phi) is 53.2. The van der Waals surface area contributed by atoms with Crippen LogP contribution in [0.25, 0.3) is 0 Å². The van der Waals surface area contributed by atoms with Gasteiger partial charge in [0.15, 0.2) is 0 Å². The molecule has 78 heavy (non-hydrogen) atoms. The van der Waals surface area contributed by atoms with Gasteiger partial charge >= 0.3 is 5.97 Å². The molecule has 10 heteroatoms. The number of phosphoric acid groups is 1. The second kappa shape index (κ2) is 56.2. The fourth-order valence-electron chi connectivity index (χ4n) is 7.85. The zero-order valence-electron chi connectivity index (χ0n) is 50.3. The first-order valence-corrected chi connectivity index (χ1v) is 32.1. The number of rotatable bonds is 53. The van der Waals surface area contributed by atoms with Crippen LogP contribution in [0.4, 0.5) is 0 Å². The molecule has 1 N–H and O–H groups in total. The number of amides is 1. The second-order valence-corrected chi connectivity index (χ2v) is 22.5. The van der Waals surface area contributed by atoms with Crippen molar-refractivity contribution in [2.45, 2.75) is 232 Å². The number of hydrogen-bond acceptors (Lipinski definition) is 7. The van der Waals surface area contributed by atoms with Crippen LogP contribution in [0.3, 0.4) is 0 Å². The molecule has 0 aliphatic carbocycles. The summed E-state index contributed by atoms with van der Waals surface area (Å²) in [5.41, 5.74) is 0. The van der Waals surface area contributed by atoms with Crippen molar-refractivity contribution >= 4 is 19.7 Å². The van der Waals surface area contributed by atoms with Crippen molar-refractivity contribution in [1.29, 1.82) is 0 Å². The summed E-state index contributed by atoms with van der Waals surface area (Å²) in [5.74, 6) is -0.652. The number of allylic oxidation sites excluding steroid dienone is 23. The molecule has 442 valence electrons. The quantitative estimate of drug-likeness (QED) is 0.0212. The van der Waals surface area contributed by atoms with Gasteiger partial charge in [-0.15, -0.1) is 0 Å². The van der Waals surface area contributed by atoms with Crippen LogP contribution in [0.2, 0.25) is 0 Å². The second-order valence-electron chi connectivity index (χ2n) is 21.1. The molecule has 0 heterocycles. The van der Waals surface area contributed by atoms with Crippen LogP contribution in [0.15, 0.2) is 146 Å². The van der Waals surface area contributed by atoms with Gasteiger partial charge in [0.05, 0.1) is 33.8 Å². The molecule has 0 aromatic carbocycles. The van der Waals surface area contributed by atoms with Crippen molar-refractivity contribution in [3.05, 3.63) is 146 Å². The lowest BCUT2D eigenvalue weighted by molar-refractivity contribution is -0.870. The highest BCUT2D eigenvalue weighted by atomic mass is 31.2. The molecule has 1 amide bonds. The largest absolute Gasteiger partial charge is 0.756 e. The van der Waals surface area contributed by atoms with Gasteiger partial charge in [-0.2, -0.15) is 0 Å². The molecule has 3 unspecified atom stereocenters. The lowest BCUT2D eigenvalue weighted by Gasteiger charge is -2.30. The molecule has 0 fully saturated rings. The van der Waals surface area contributed by atoms with Crippen LogP contribution in [-0.4, -0.2) is 69.4 Å². The van der Waals surface area contributed by atoms with Crippen LogP contribution < -0.4 is 10.2 Å². The summed E-state index contributed by atoms with van der Waals surface area (Å²) in [6.07, 6.45) is 81.1. The summed E-state index contributed by atoms with van der Waals surface area (Å²) >= 11 is 0. The van der Waals surface area contributed by atoms with Crippen molar-refractivity contribution in [2.24, 2.45) is 0 Å². The maximum Gasteiger partial charge on any atom is 0.306 e. The van der Waals surface area contributed by atoms with Gasteiger partial charge in [0.1, 0.15) is 19.3 Å². The van der Waals surface area contributed by atoms with Crippen LogP contribution in [0, 0.1) is 0 Å². The predicted molar refractivity (Wildman–Crippen MR) is 334 cm³/mol. The van der Waals surface area contributed by atoms with Gasteiger partial charge < -0.3 is 28.5 Å². The van der Waals surface area contributed by atoms with Crippen LogP contribution in [0.5, 0.6) is 0 Å². The van der Waals surface area contributed by atoms with Crippen LogP contribution >= 0.6 is 7.82 Å². The third-order valence-corrected chi connectivity index (χ3v) is 13.5. The summed E-state index contributed by atoms with van der Waals surface area (Å²) in [4.78, 5) is 40.0. The standard InChI is InChI=1S/C68H113N2O7P/c1-7-10-13-16-19-22-25-28-30-32-33-34-35-36-37-39-41-43-46-49-52-55-58-61-68(72)77-66(59-56-53-50-47-44-27-24-21-18-15-12-9-3)65(64-76-78(73,74)75-63-62-70(4,5)6)69-67(71)60-57-54-51-48-45-42-40-38-31-29-26-23-20-17-14-11-8-2/h10-11,13-14,19-20,22-23,28-31,33-34,36-37,40-43,48,51,56,59,65-66H,7-9,12,15-18,21,24-27,32,35,38-39,44-47,49-50,52-55,57-58,60-64H2,1-6H3,(H-,69,71,73,74)/b13-10-,14-11-,22-19-,23-20-,30-28-,31-29-,34-33-,37-36-,42-40-,43-41-,51-48-,59-56-. The minimum Gasteiger partial charge on any atom is -0.756 e. The molecular weight excluding hydrogens is 988 g/mol. The number of nitrogens with zero attached hydrogens (tertiary/aromatic N) is 1. The van der Waals surface area contributed by atoms with E-state index in [1.165, 1.54) is 51.4 Å². The Bertz CT molecular complexity index is 1840. The highest BCUT2D eigenvalue weighted by Gasteiger charge is 2.27. The molecule has 0 bridgehead atoms. The Morgan fingerprint density at radius 2 is 0.833 bits per heavy atom. The topological polar surface area (TPSA) is 114 Å². The summed E-state index contributed by atoms with van der Waals surface area (Å²) in [7, 11) is 1.11. The fourth-order valence-corrected chi connectivity index (χ4v) is 8.58. The molecule has 0 rings (SSSR count). The van der Waals surface area contributed by atoms with E-state index in [0.717, 1.165) is 122 Å². The number of nitrogens with one attached hydrogen (secondary N) is 1. The number of esters is 1. The Balaban J connectivity index is 5.40. The number of carbonyl (C=O) groups excluding carboxylic acids is 2. The molecule has 0 aliphatic rings. The van der Waals surface area contributed by atoms with E-state index in [1.807, 2.05) is 27.2 Å². The Morgan fingerprint density at radius 1 is 0.462 bits per heavy atom. The first-order chi connectivity index (χ1) is 37.9. The van der Waals surface area contributed by atoms with Gasteiger partial charge in [-0.25, -0.2) is 0 Å². The van der Waals surface area contributed by atoms with Crippen LogP contribution in [0.1, 0.15) is 220 Å². The number of quaternary nitrogens is 1. The highest BCUT2D eigenvalue weighted by Crippen LogP contribution is 2.38. The smallest absolute Gasteiger partial charge is 0.306 e. The van der Waals surface area contributed by atoms with Crippen molar-refractivity contribution in [3.8, 4) is 0 Å². The van der Waals surface area contributed by atoms with E-state index in [-0.39, 0.29) is 31.3 Å². The fraction of sp³-hybridized carbons (Fsp3) is 0.618. The van der Waals surface area contributed by atoms with E-state index >= 15 is 0 Å². The number of likely N-dealkylation sites (N-methyl/N-ethyl adjacent to an activating group) is 1. The minimum atomic E-state index is -4.73. The number of unbranched alkanes of at least 4 members (excludes halogenated alkanes) is 15. The third kappa shape index (κ3) is 56.6. The molecule has 0 spiro atoms. The maximum absolute atomic E-state index is 13.5. The molecule has 0 saturated heterocycles. The third-order valence-electron chi connectivity index (χ3n) is 12.5. The molecule has 0 aromatic heterocycles. The molecular formula is C68H113N2O7P. The molecule has 9 nitrogen and oxygen atoms in total. The molecule has 3 atom stereocenters. The predicted octanol–water partition coefficient (Wildman–Crippen LogP) is 18.4. The van der Waals surface area contributed by atoms with Crippen molar-refractivity contribution in [1.82, 2.24) is 5.32 Å². The van der Waals surface area contributed by atoms with Gasteiger partial charge in [-0.3, -0.25) is 14.2 Å². The maximum atomic E-state index is 13.5. The van der Waals surface area contributed by atoms with E-state index in [0.29, 0.717) is 23.9 Å². The van der Waals surface area contributed by atoms with Gasteiger partial charge in [-0.1, -0.05) is 231 Å². The molecule has 0 radical (unpaired) electrons. The first kappa shape index (κ1) is 73.9. The summed E-state index contributed by atoms with van der Waals surface area (Å²) < 4.78 is 30.2. The summed E-state index contributed by atoms with van der Waals surface area (Å²) in [6, 6.07) is -0.940. The average molecular weight is 1100 g/mol. The van der Waals surface area contributed by atoms with Gasteiger partial charge in [0, 0.05) is 12.8 Å². The van der Waals surface area contributed by atoms with Crippen LogP contribution in [-0.2, 0) is 27.9 Å². The lowest BCUT2D eigenvalue weighted by atomic mass is 10.1. The number of phosphoric ester groups is 1. The normalized spacial score (nSPS) is 14.7. The van der Waals surface area contributed by atoms with E-state index in [1.54, 1.807) is 6.08 Å². The summed E-state index contributed by atoms with van der Waals surface area (Å²) in [6.45, 7) is 6.52. The van der Waals surface area contributed by atoms with Crippen molar-refractivity contribution in [2.75, 3.05) is 40.9 Å². The molecule has 0 aliphatic heterocycles. The number of hydrogen-bond donors (Lipinski definition) is 1. The average Bonchev–Trinajstić information content (AvgIpc) is 3.40. The van der Waals surface area contributed by atoms with Gasteiger partial charge in [0.25, 0.3) is 7.82 Å². The molecule has 0 aromatic rings. The first-order valence-electron chi connectivity index (χ1n) is 30.6. The van der Waals surface area contributed by atoms with E-state index in [4.69, 9.17) is 13.8 Å².